The summed E-state index contributed by atoms with van der Waals surface area (Å²) in [4.78, 5) is 30.8. The second kappa shape index (κ2) is 9.87. The Morgan fingerprint density at radius 3 is 2.59 bits per heavy atom. The summed E-state index contributed by atoms with van der Waals surface area (Å²) in [6.45, 7) is 4.47. The molecule has 3 heterocycles. The molecule has 2 aliphatic rings. The molecule has 0 bridgehead atoms. The van der Waals surface area contributed by atoms with E-state index in [0.29, 0.717) is 30.2 Å². The van der Waals surface area contributed by atoms with Crippen LogP contribution in [0.15, 0.2) is 82.0 Å². The number of hydrogen-bond acceptors (Lipinski definition) is 5. The number of fused-ring (bicyclic) bond motifs is 4. The smallest absolute Gasteiger partial charge is 0.360 e. The molecule has 6 nitrogen and oxygen atoms in total. The molecule has 1 unspecified atom stereocenters. The first-order valence-electron chi connectivity index (χ1n) is 13.0. The zero-order valence-corrected chi connectivity index (χ0v) is 21.0. The molecule has 1 atom stereocenters. The van der Waals surface area contributed by atoms with Gasteiger partial charge >= 0.3 is 5.63 Å². The Balaban J connectivity index is 1.28. The van der Waals surface area contributed by atoms with Crippen LogP contribution in [0.3, 0.4) is 0 Å². The van der Waals surface area contributed by atoms with Crippen molar-refractivity contribution in [3.05, 3.63) is 105 Å². The van der Waals surface area contributed by atoms with Gasteiger partial charge in [0.2, 0.25) is 5.91 Å². The van der Waals surface area contributed by atoms with Crippen molar-refractivity contribution in [3.8, 4) is 5.75 Å². The topological polar surface area (TPSA) is 63.0 Å². The lowest BCUT2D eigenvalue weighted by molar-refractivity contribution is -0.123. The van der Waals surface area contributed by atoms with Crippen molar-refractivity contribution in [2.75, 3.05) is 18.0 Å². The molecule has 0 saturated carbocycles. The number of amides is 1. The minimum absolute atomic E-state index is 0.0523. The average molecular weight is 495 g/mol. The van der Waals surface area contributed by atoms with E-state index < -0.39 is 5.63 Å². The van der Waals surface area contributed by atoms with Gasteiger partial charge in [0.25, 0.3) is 0 Å². The maximum Gasteiger partial charge on any atom is 0.360 e. The van der Waals surface area contributed by atoms with E-state index in [4.69, 9.17) is 9.15 Å². The number of nitrogens with zero attached hydrogens (tertiary/aromatic N) is 2. The van der Waals surface area contributed by atoms with Crippen molar-refractivity contribution in [1.29, 1.82) is 0 Å². The van der Waals surface area contributed by atoms with Crippen LogP contribution >= 0.6 is 0 Å². The normalized spacial score (nSPS) is 16.2. The lowest BCUT2D eigenvalue weighted by atomic mass is 9.96. The first-order valence-corrected chi connectivity index (χ1v) is 13.0. The standard InChI is InChI=1S/C31H30N2O4/c1-21(32-17-15-23-10-5-6-11-24(23)19-32)30(34)33-16-7-12-26-27-18-25(36-20-22-8-3-2-4-9-22)13-14-28(27)37-31(35)29(26)33/h2-6,8-11,13-14,18,21H,7,12,15-17,19-20H2,1H3. The van der Waals surface area contributed by atoms with Gasteiger partial charge < -0.3 is 14.1 Å². The van der Waals surface area contributed by atoms with Crippen LogP contribution in [0, 0.1) is 0 Å². The predicted molar refractivity (Wildman–Crippen MR) is 144 cm³/mol. The van der Waals surface area contributed by atoms with Crippen LogP contribution in [-0.4, -0.2) is 29.9 Å². The highest BCUT2D eigenvalue weighted by atomic mass is 16.5. The van der Waals surface area contributed by atoms with Crippen molar-refractivity contribution in [3.63, 3.8) is 0 Å². The van der Waals surface area contributed by atoms with Crippen molar-refractivity contribution >= 4 is 22.6 Å². The Kier molecular flexibility index (Phi) is 6.26. The molecule has 0 saturated heterocycles. The van der Waals surface area contributed by atoms with Gasteiger partial charge in [0, 0.05) is 25.0 Å². The molecule has 37 heavy (non-hydrogen) atoms. The van der Waals surface area contributed by atoms with Crippen LogP contribution in [0.25, 0.3) is 11.0 Å². The molecule has 188 valence electrons. The molecule has 4 aromatic rings. The van der Waals surface area contributed by atoms with Gasteiger partial charge in [-0.05, 0) is 66.6 Å². The highest BCUT2D eigenvalue weighted by Gasteiger charge is 2.34. The van der Waals surface area contributed by atoms with E-state index >= 15 is 0 Å². The average Bonchev–Trinajstić information content (AvgIpc) is 2.95. The maximum absolute atomic E-state index is 13.8. The largest absolute Gasteiger partial charge is 0.489 e. The number of aryl methyl sites for hydroxylation is 1. The molecule has 0 aliphatic carbocycles. The molecule has 1 amide bonds. The van der Waals surface area contributed by atoms with Crippen molar-refractivity contribution in [1.82, 2.24) is 4.90 Å². The highest BCUT2D eigenvalue weighted by Crippen LogP contribution is 2.34. The Labute approximate surface area is 216 Å². The van der Waals surface area contributed by atoms with Gasteiger partial charge in [-0.1, -0.05) is 54.6 Å². The summed E-state index contributed by atoms with van der Waals surface area (Å²) in [6, 6.07) is 23.6. The highest BCUT2D eigenvalue weighted by molar-refractivity contribution is 6.00. The lowest BCUT2D eigenvalue weighted by Gasteiger charge is -2.37. The van der Waals surface area contributed by atoms with Gasteiger partial charge in [0.1, 0.15) is 23.6 Å². The molecule has 0 N–H and O–H groups in total. The van der Waals surface area contributed by atoms with Gasteiger partial charge in [-0.3, -0.25) is 9.69 Å². The first-order chi connectivity index (χ1) is 18.1. The summed E-state index contributed by atoms with van der Waals surface area (Å²) in [5, 5.41) is 0.831. The van der Waals surface area contributed by atoms with Gasteiger partial charge in [-0.25, -0.2) is 4.79 Å². The molecule has 6 rings (SSSR count). The summed E-state index contributed by atoms with van der Waals surface area (Å²) in [5.74, 6) is 0.652. The van der Waals surface area contributed by atoms with Crippen LogP contribution in [-0.2, 0) is 30.8 Å². The Bertz CT molecular complexity index is 1510. The molecule has 0 fully saturated rings. The third-order valence-electron chi connectivity index (χ3n) is 7.62. The second-order valence-corrected chi connectivity index (χ2v) is 9.91. The zero-order valence-electron chi connectivity index (χ0n) is 21.0. The lowest BCUT2D eigenvalue weighted by Crippen LogP contribution is -2.51. The van der Waals surface area contributed by atoms with Crippen molar-refractivity contribution in [2.24, 2.45) is 0 Å². The summed E-state index contributed by atoms with van der Waals surface area (Å²) >= 11 is 0. The summed E-state index contributed by atoms with van der Waals surface area (Å²) in [7, 11) is 0. The SMILES string of the molecule is CC(C(=O)N1CCCc2c1c(=O)oc1ccc(OCc3ccccc3)cc21)N1CCc2ccccc2C1. The molecule has 3 aromatic carbocycles. The monoisotopic (exact) mass is 494 g/mol. The molecular weight excluding hydrogens is 464 g/mol. The van der Waals surface area contributed by atoms with E-state index in [0.717, 1.165) is 48.9 Å². The van der Waals surface area contributed by atoms with Gasteiger partial charge in [0.15, 0.2) is 0 Å². The molecule has 0 radical (unpaired) electrons. The van der Waals surface area contributed by atoms with Gasteiger partial charge in [0.05, 0.1) is 6.04 Å². The van der Waals surface area contributed by atoms with Crippen LogP contribution in [0.4, 0.5) is 5.69 Å². The van der Waals surface area contributed by atoms with Crippen molar-refractivity contribution < 1.29 is 13.9 Å². The number of anilines is 1. The third-order valence-corrected chi connectivity index (χ3v) is 7.62. The van der Waals surface area contributed by atoms with E-state index in [1.165, 1.54) is 11.1 Å². The molecular formula is C31H30N2O4. The number of rotatable bonds is 5. The molecule has 0 spiro atoms. The van der Waals surface area contributed by atoms with Crippen molar-refractivity contribution in [2.45, 2.75) is 45.4 Å². The fourth-order valence-corrected chi connectivity index (χ4v) is 5.57. The summed E-state index contributed by atoms with van der Waals surface area (Å²) < 4.78 is 11.7. The number of carbonyl (C=O) groups excluding carboxylic acids is 1. The van der Waals surface area contributed by atoms with E-state index in [1.807, 2.05) is 55.5 Å². The summed E-state index contributed by atoms with van der Waals surface area (Å²) in [5.41, 5.74) is 5.01. The Morgan fingerprint density at radius 2 is 1.76 bits per heavy atom. The molecule has 1 aromatic heterocycles. The van der Waals surface area contributed by atoms with Crippen LogP contribution in [0.1, 0.15) is 35.6 Å². The number of carbonyl (C=O) groups is 1. The number of hydrogen-bond donors (Lipinski definition) is 0. The predicted octanol–water partition coefficient (Wildman–Crippen LogP) is 5.10. The van der Waals surface area contributed by atoms with E-state index in [9.17, 15) is 9.59 Å². The van der Waals surface area contributed by atoms with E-state index in [2.05, 4.69) is 23.1 Å². The zero-order chi connectivity index (χ0) is 25.4. The second-order valence-electron chi connectivity index (χ2n) is 9.91. The fraction of sp³-hybridized carbons (Fsp3) is 0.290. The van der Waals surface area contributed by atoms with Crippen LogP contribution in [0.5, 0.6) is 5.75 Å². The van der Waals surface area contributed by atoms with Gasteiger partial charge in [-0.2, -0.15) is 0 Å². The molecule has 2 aliphatic heterocycles. The maximum atomic E-state index is 13.8. The first kappa shape index (κ1) is 23.5. The number of benzene rings is 3. The van der Waals surface area contributed by atoms with E-state index in [1.54, 1.807) is 11.0 Å². The third kappa shape index (κ3) is 4.53. The fourth-order valence-electron chi connectivity index (χ4n) is 5.57. The summed E-state index contributed by atoms with van der Waals surface area (Å²) in [6.07, 6.45) is 2.43. The minimum Gasteiger partial charge on any atom is -0.489 e. The molecule has 6 heteroatoms. The van der Waals surface area contributed by atoms with Crippen LogP contribution < -0.4 is 15.3 Å². The van der Waals surface area contributed by atoms with Crippen LogP contribution in [0.2, 0.25) is 0 Å². The Morgan fingerprint density at radius 1 is 0.973 bits per heavy atom. The minimum atomic E-state index is -0.454. The quantitative estimate of drug-likeness (QED) is 0.361. The van der Waals surface area contributed by atoms with E-state index in [-0.39, 0.29) is 11.9 Å². The number of ether oxygens (including phenoxy) is 1. The van der Waals surface area contributed by atoms with Gasteiger partial charge in [-0.15, -0.1) is 0 Å². The Hall–Kier alpha value is -3.90.